The lowest BCUT2D eigenvalue weighted by Gasteiger charge is -2.34. The SMILES string of the molecule is Cl.O=C(c1cc(F)ccc1[N+](=O)[O-])N1CCC(C2CCCN2)CC1. The smallest absolute Gasteiger partial charge is 0.282 e. The Labute approximate surface area is 146 Å². The molecule has 1 aromatic carbocycles. The minimum Gasteiger partial charge on any atom is -0.338 e. The fourth-order valence-electron chi connectivity index (χ4n) is 3.63. The Morgan fingerprint density at radius 2 is 2.00 bits per heavy atom. The molecule has 8 heteroatoms. The lowest BCUT2D eigenvalue weighted by Crippen LogP contribution is -2.43. The largest absolute Gasteiger partial charge is 0.338 e. The van der Waals surface area contributed by atoms with Gasteiger partial charge in [0, 0.05) is 25.2 Å². The molecule has 1 atom stereocenters. The number of hydrogen-bond donors (Lipinski definition) is 1. The number of nitro benzene ring substituents is 1. The van der Waals surface area contributed by atoms with Gasteiger partial charge in [-0.05, 0) is 50.3 Å². The van der Waals surface area contributed by atoms with Crippen molar-refractivity contribution in [3.05, 3.63) is 39.7 Å². The third-order valence-corrected chi connectivity index (χ3v) is 4.88. The van der Waals surface area contributed by atoms with E-state index in [2.05, 4.69) is 5.32 Å². The third-order valence-electron chi connectivity index (χ3n) is 4.88. The molecule has 0 saturated carbocycles. The average Bonchev–Trinajstić information content (AvgIpc) is 3.08. The number of likely N-dealkylation sites (tertiary alicyclic amines) is 1. The molecule has 0 radical (unpaired) electrons. The minimum absolute atomic E-state index is 0. The van der Waals surface area contributed by atoms with Crippen LogP contribution in [0.1, 0.15) is 36.0 Å². The van der Waals surface area contributed by atoms with Gasteiger partial charge in [-0.3, -0.25) is 14.9 Å². The van der Waals surface area contributed by atoms with E-state index in [0.717, 1.165) is 37.6 Å². The number of halogens is 2. The number of nitrogens with zero attached hydrogens (tertiary/aromatic N) is 2. The third kappa shape index (κ3) is 3.84. The maximum atomic E-state index is 13.4. The number of benzene rings is 1. The van der Waals surface area contributed by atoms with Crippen molar-refractivity contribution in [2.24, 2.45) is 5.92 Å². The Hall–Kier alpha value is -1.73. The van der Waals surface area contributed by atoms with Crippen LogP contribution in [-0.4, -0.2) is 41.4 Å². The first kappa shape index (κ1) is 18.6. The van der Waals surface area contributed by atoms with E-state index in [9.17, 15) is 19.3 Å². The molecule has 132 valence electrons. The highest BCUT2D eigenvalue weighted by molar-refractivity contribution is 5.98. The Bertz CT molecular complexity index is 615. The number of amides is 1. The molecule has 2 aliphatic heterocycles. The molecule has 1 amide bonds. The van der Waals surface area contributed by atoms with Crippen LogP contribution in [0.15, 0.2) is 18.2 Å². The van der Waals surface area contributed by atoms with Crippen LogP contribution in [0.2, 0.25) is 0 Å². The summed E-state index contributed by atoms with van der Waals surface area (Å²) in [6.45, 7) is 2.18. The van der Waals surface area contributed by atoms with Crippen LogP contribution in [0.4, 0.5) is 10.1 Å². The molecular weight excluding hydrogens is 337 g/mol. The number of hydrogen-bond acceptors (Lipinski definition) is 4. The van der Waals surface area contributed by atoms with Crippen LogP contribution in [0.3, 0.4) is 0 Å². The van der Waals surface area contributed by atoms with Gasteiger partial charge in [0.05, 0.1) is 4.92 Å². The Kier molecular flexibility index (Phi) is 6.12. The zero-order valence-corrected chi connectivity index (χ0v) is 14.1. The van der Waals surface area contributed by atoms with Gasteiger partial charge in [-0.25, -0.2) is 4.39 Å². The predicted molar refractivity (Wildman–Crippen MR) is 90.0 cm³/mol. The van der Waals surface area contributed by atoms with Crippen molar-refractivity contribution in [1.29, 1.82) is 0 Å². The predicted octanol–water partition coefficient (Wildman–Crippen LogP) is 2.76. The zero-order valence-electron chi connectivity index (χ0n) is 13.2. The van der Waals surface area contributed by atoms with Crippen LogP contribution >= 0.6 is 12.4 Å². The van der Waals surface area contributed by atoms with E-state index in [1.807, 2.05) is 0 Å². The summed E-state index contributed by atoms with van der Waals surface area (Å²) < 4.78 is 13.4. The molecule has 0 bridgehead atoms. The second-order valence-electron chi connectivity index (χ2n) is 6.25. The van der Waals surface area contributed by atoms with Crippen molar-refractivity contribution in [3.63, 3.8) is 0 Å². The Morgan fingerprint density at radius 3 is 2.58 bits per heavy atom. The van der Waals surface area contributed by atoms with Gasteiger partial charge in [0.25, 0.3) is 11.6 Å². The average molecular weight is 358 g/mol. The summed E-state index contributed by atoms with van der Waals surface area (Å²) in [6, 6.07) is 3.55. The lowest BCUT2D eigenvalue weighted by molar-refractivity contribution is -0.385. The van der Waals surface area contributed by atoms with E-state index in [1.165, 1.54) is 12.8 Å². The van der Waals surface area contributed by atoms with Crippen molar-refractivity contribution in [2.75, 3.05) is 19.6 Å². The monoisotopic (exact) mass is 357 g/mol. The fourth-order valence-corrected chi connectivity index (χ4v) is 3.63. The van der Waals surface area contributed by atoms with E-state index in [1.54, 1.807) is 4.90 Å². The zero-order chi connectivity index (χ0) is 16.4. The van der Waals surface area contributed by atoms with Crippen LogP contribution in [0, 0.1) is 21.8 Å². The highest BCUT2D eigenvalue weighted by Crippen LogP contribution is 2.28. The maximum absolute atomic E-state index is 13.4. The van der Waals surface area contributed by atoms with Gasteiger partial charge >= 0.3 is 0 Å². The standard InChI is InChI=1S/C16H20FN3O3.ClH/c17-12-3-4-15(20(22)23)13(10-12)16(21)19-8-5-11(6-9-19)14-2-1-7-18-14;/h3-4,10-11,14,18H,1-2,5-9H2;1H. The summed E-state index contributed by atoms with van der Waals surface area (Å²) in [4.78, 5) is 24.6. The number of nitrogens with one attached hydrogen (secondary N) is 1. The number of rotatable bonds is 3. The second kappa shape index (κ2) is 7.90. The molecule has 0 aromatic heterocycles. The first-order chi connectivity index (χ1) is 11.1. The van der Waals surface area contributed by atoms with Crippen molar-refractivity contribution in [3.8, 4) is 0 Å². The quantitative estimate of drug-likeness (QED) is 0.666. The number of piperidine rings is 1. The number of carbonyl (C=O) groups is 1. The molecule has 0 aliphatic carbocycles. The van der Waals surface area contributed by atoms with E-state index in [-0.39, 0.29) is 23.7 Å². The van der Waals surface area contributed by atoms with Crippen LogP contribution in [-0.2, 0) is 0 Å². The Balaban J connectivity index is 0.00000208. The van der Waals surface area contributed by atoms with Crippen molar-refractivity contribution in [1.82, 2.24) is 10.2 Å². The molecule has 2 saturated heterocycles. The van der Waals surface area contributed by atoms with E-state index < -0.39 is 16.6 Å². The first-order valence-electron chi connectivity index (χ1n) is 8.03. The summed E-state index contributed by atoms with van der Waals surface area (Å²) in [5.41, 5.74) is -0.497. The molecule has 0 spiro atoms. The molecule has 2 heterocycles. The molecule has 24 heavy (non-hydrogen) atoms. The fraction of sp³-hybridized carbons (Fsp3) is 0.562. The van der Waals surface area contributed by atoms with Gasteiger partial charge < -0.3 is 10.2 Å². The van der Waals surface area contributed by atoms with Gasteiger partial charge in [-0.2, -0.15) is 0 Å². The van der Waals surface area contributed by atoms with Gasteiger partial charge in [0.15, 0.2) is 0 Å². The molecule has 2 fully saturated rings. The molecule has 2 aliphatic rings. The molecule has 6 nitrogen and oxygen atoms in total. The van der Waals surface area contributed by atoms with Crippen molar-refractivity contribution >= 4 is 24.0 Å². The molecular formula is C16H21ClFN3O3. The van der Waals surface area contributed by atoms with Crippen molar-refractivity contribution in [2.45, 2.75) is 31.7 Å². The Morgan fingerprint density at radius 1 is 1.29 bits per heavy atom. The van der Waals surface area contributed by atoms with E-state index >= 15 is 0 Å². The maximum Gasteiger partial charge on any atom is 0.282 e. The molecule has 1 unspecified atom stereocenters. The highest BCUT2D eigenvalue weighted by atomic mass is 35.5. The normalized spacial score (nSPS) is 21.4. The summed E-state index contributed by atoms with van der Waals surface area (Å²) in [7, 11) is 0. The summed E-state index contributed by atoms with van der Waals surface area (Å²) in [6.07, 6.45) is 4.13. The van der Waals surface area contributed by atoms with Crippen molar-refractivity contribution < 1.29 is 14.1 Å². The summed E-state index contributed by atoms with van der Waals surface area (Å²) in [5, 5.41) is 14.5. The van der Waals surface area contributed by atoms with Crippen LogP contribution < -0.4 is 5.32 Å². The topological polar surface area (TPSA) is 75.5 Å². The van der Waals surface area contributed by atoms with Crippen LogP contribution in [0.25, 0.3) is 0 Å². The minimum atomic E-state index is -0.637. The van der Waals surface area contributed by atoms with E-state index in [4.69, 9.17) is 0 Å². The lowest BCUT2D eigenvalue weighted by atomic mass is 9.88. The summed E-state index contributed by atoms with van der Waals surface area (Å²) >= 11 is 0. The summed E-state index contributed by atoms with van der Waals surface area (Å²) in [5.74, 6) is -0.540. The van der Waals surface area contributed by atoms with Crippen LogP contribution in [0.5, 0.6) is 0 Å². The van der Waals surface area contributed by atoms with E-state index in [0.29, 0.717) is 25.0 Å². The molecule has 1 aromatic rings. The molecule has 3 rings (SSSR count). The number of carbonyl (C=O) groups excluding carboxylic acids is 1. The second-order valence-corrected chi connectivity index (χ2v) is 6.25. The van der Waals surface area contributed by atoms with Gasteiger partial charge in [-0.1, -0.05) is 0 Å². The van der Waals surface area contributed by atoms with Gasteiger partial charge in [0.2, 0.25) is 0 Å². The van der Waals surface area contributed by atoms with Gasteiger partial charge in [-0.15, -0.1) is 12.4 Å². The number of nitro groups is 1. The highest BCUT2D eigenvalue weighted by Gasteiger charge is 2.32. The molecule has 1 N–H and O–H groups in total. The first-order valence-corrected chi connectivity index (χ1v) is 8.03. The van der Waals surface area contributed by atoms with Gasteiger partial charge in [0.1, 0.15) is 11.4 Å².